The molecule has 6 heteroatoms. The topological polar surface area (TPSA) is 41.6 Å². The van der Waals surface area contributed by atoms with Gasteiger partial charge in [-0.15, -0.1) is 0 Å². The highest BCUT2D eigenvalue weighted by Crippen LogP contribution is 2.30. The molecule has 102 valence electrons. The first-order valence-corrected chi connectivity index (χ1v) is 6.45. The van der Waals surface area contributed by atoms with Gasteiger partial charge in [-0.25, -0.2) is 9.97 Å². The van der Waals surface area contributed by atoms with Gasteiger partial charge in [-0.3, -0.25) is 0 Å². The second kappa shape index (κ2) is 4.51. The second-order valence-corrected chi connectivity index (χ2v) is 5.10. The molecule has 0 aromatic carbocycles. The molecule has 0 aliphatic heterocycles. The van der Waals surface area contributed by atoms with Crippen molar-refractivity contribution in [2.24, 2.45) is 5.92 Å². The van der Waals surface area contributed by atoms with Crippen LogP contribution in [0.2, 0.25) is 0 Å². The second-order valence-electron chi connectivity index (χ2n) is 5.10. The molecule has 2 heterocycles. The van der Waals surface area contributed by atoms with Crippen LogP contribution in [0.3, 0.4) is 0 Å². The Kier molecular flexibility index (Phi) is 2.95. The number of aromatic amines is 1. The lowest BCUT2D eigenvalue weighted by molar-refractivity contribution is -0.141. The molecule has 19 heavy (non-hydrogen) atoms. The number of nitrogens with one attached hydrogen (secondary N) is 1. The summed E-state index contributed by atoms with van der Waals surface area (Å²) in [5, 5.41) is 0. The average molecular weight is 269 g/mol. The van der Waals surface area contributed by atoms with Crippen LogP contribution >= 0.6 is 0 Å². The minimum absolute atomic E-state index is 0.155. The molecule has 1 fully saturated rings. The first-order valence-electron chi connectivity index (χ1n) is 6.45. The van der Waals surface area contributed by atoms with E-state index in [1.165, 1.54) is 31.7 Å². The van der Waals surface area contributed by atoms with E-state index in [0.29, 0.717) is 11.4 Å². The molecule has 3 nitrogen and oxygen atoms in total. The van der Waals surface area contributed by atoms with Crippen molar-refractivity contribution in [3.8, 4) is 0 Å². The van der Waals surface area contributed by atoms with Crippen molar-refractivity contribution in [1.82, 2.24) is 15.0 Å². The van der Waals surface area contributed by atoms with Gasteiger partial charge in [-0.05, 0) is 18.1 Å². The van der Waals surface area contributed by atoms with Crippen LogP contribution < -0.4 is 0 Å². The number of aromatic nitrogens is 3. The third-order valence-corrected chi connectivity index (χ3v) is 3.64. The Labute approximate surface area is 108 Å². The quantitative estimate of drug-likeness (QED) is 0.903. The number of rotatable bonds is 2. The maximum atomic E-state index is 12.5. The van der Waals surface area contributed by atoms with Gasteiger partial charge in [0.15, 0.2) is 5.65 Å². The van der Waals surface area contributed by atoms with E-state index < -0.39 is 11.9 Å². The summed E-state index contributed by atoms with van der Waals surface area (Å²) in [6, 6.07) is 2.39. The fourth-order valence-corrected chi connectivity index (χ4v) is 2.68. The average Bonchev–Trinajstić information content (AvgIpc) is 2.95. The molecule has 0 amide bonds. The highest BCUT2D eigenvalue weighted by Gasteiger charge is 2.32. The molecule has 1 N–H and O–H groups in total. The minimum atomic E-state index is -4.42. The molecule has 3 rings (SSSR count). The minimum Gasteiger partial charge on any atom is -0.341 e. The number of alkyl halides is 3. The third kappa shape index (κ3) is 2.57. The zero-order valence-corrected chi connectivity index (χ0v) is 10.3. The first kappa shape index (κ1) is 12.4. The summed E-state index contributed by atoms with van der Waals surface area (Å²) in [5.74, 6) is 1.34. The standard InChI is InChI=1S/C13H14F3N3/c14-13(15,16)10-6-5-9-12(18-10)19-11(17-9)7-8-3-1-2-4-8/h5-6,8H,1-4,7H2,(H,17,18,19). The summed E-state index contributed by atoms with van der Waals surface area (Å²) in [5.41, 5.74) is -0.164. The van der Waals surface area contributed by atoms with E-state index in [1.807, 2.05) is 0 Å². The Hall–Kier alpha value is -1.59. The molecule has 1 saturated carbocycles. The van der Waals surface area contributed by atoms with E-state index in [1.54, 1.807) is 0 Å². The normalized spacial score (nSPS) is 17.4. The van der Waals surface area contributed by atoms with Gasteiger partial charge in [0.05, 0.1) is 5.52 Å². The van der Waals surface area contributed by atoms with Gasteiger partial charge in [0, 0.05) is 6.42 Å². The van der Waals surface area contributed by atoms with E-state index in [4.69, 9.17) is 0 Å². The van der Waals surface area contributed by atoms with Gasteiger partial charge in [0.1, 0.15) is 11.5 Å². The summed E-state index contributed by atoms with van der Waals surface area (Å²) in [6.45, 7) is 0. The fraction of sp³-hybridized carbons (Fsp3) is 0.538. The van der Waals surface area contributed by atoms with E-state index in [-0.39, 0.29) is 5.65 Å². The maximum Gasteiger partial charge on any atom is 0.433 e. The van der Waals surface area contributed by atoms with E-state index >= 15 is 0 Å². The molecule has 2 aromatic rings. The highest BCUT2D eigenvalue weighted by molar-refractivity contribution is 5.70. The molecule has 0 unspecified atom stereocenters. The largest absolute Gasteiger partial charge is 0.433 e. The molecule has 2 aromatic heterocycles. The Morgan fingerprint density at radius 1 is 1.16 bits per heavy atom. The molecular weight excluding hydrogens is 255 g/mol. The van der Waals surface area contributed by atoms with Crippen LogP contribution in [0.1, 0.15) is 37.2 Å². The van der Waals surface area contributed by atoms with Crippen LogP contribution in [-0.2, 0) is 12.6 Å². The molecule has 0 bridgehead atoms. The van der Waals surface area contributed by atoms with Gasteiger partial charge < -0.3 is 4.98 Å². The first-order chi connectivity index (χ1) is 9.02. The number of hydrogen-bond acceptors (Lipinski definition) is 2. The van der Waals surface area contributed by atoms with Crippen molar-refractivity contribution in [3.63, 3.8) is 0 Å². The Balaban J connectivity index is 1.87. The van der Waals surface area contributed by atoms with Crippen LogP contribution in [0.25, 0.3) is 11.2 Å². The molecule has 1 aliphatic carbocycles. The summed E-state index contributed by atoms with van der Waals surface area (Å²) < 4.78 is 37.6. The van der Waals surface area contributed by atoms with Crippen molar-refractivity contribution in [1.29, 1.82) is 0 Å². The maximum absolute atomic E-state index is 12.5. The third-order valence-electron chi connectivity index (χ3n) is 3.64. The lowest BCUT2D eigenvalue weighted by Crippen LogP contribution is -2.07. The van der Waals surface area contributed by atoms with Crippen LogP contribution in [0, 0.1) is 5.92 Å². The Bertz CT molecular complexity index is 582. The van der Waals surface area contributed by atoms with Crippen LogP contribution in [0.15, 0.2) is 12.1 Å². The highest BCUT2D eigenvalue weighted by atomic mass is 19.4. The van der Waals surface area contributed by atoms with Crippen molar-refractivity contribution >= 4 is 11.2 Å². The zero-order chi connectivity index (χ0) is 13.5. The Morgan fingerprint density at radius 3 is 2.58 bits per heavy atom. The predicted molar refractivity (Wildman–Crippen MR) is 64.6 cm³/mol. The van der Waals surface area contributed by atoms with Crippen molar-refractivity contribution in [2.45, 2.75) is 38.3 Å². The number of fused-ring (bicyclic) bond motifs is 1. The van der Waals surface area contributed by atoms with Gasteiger partial charge in [0.25, 0.3) is 0 Å². The van der Waals surface area contributed by atoms with E-state index in [9.17, 15) is 13.2 Å². The summed E-state index contributed by atoms with van der Waals surface area (Å²) in [6.07, 6.45) is 1.22. The number of pyridine rings is 1. The van der Waals surface area contributed by atoms with Gasteiger partial charge in [0.2, 0.25) is 0 Å². The molecular formula is C13H14F3N3. The number of imidazole rings is 1. The smallest absolute Gasteiger partial charge is 0.341 e. The number of halogens is 3. The van der Waals surface area contributed by atoms with Gasteiger partial charge in [-0.2, -0.15) is 13.2 Å². The number of hydrogen-bond donors (Lipinski definition) is 1. The van der Waals surface area contributed by atoms with Crippen molar-refractivity contribution < 1.29 is 13.2 Å². The van der Waals surface area contributed by atoms with Crippen LogP contribution in [0.5, 0.6) is 0 Å². The van der Waals surface area contributed by atoms with Gasteiger partial charge >= 0.3 is 6.18 Å². The predicted octanol–water partition coefficient (Wildman–Crippen LogP) is 3.71. The number of nitrogens with zero attached hydrogens (tertiary/aromatic N) is 2. The molecule has 0 spiro atoms. The molecule has 0 radical (unpaired) electrons. The van der Waals surface area contributed by atoms with Crippen LogP contribution in [0.4, 0.5) is 13.2 Å². The van der Waals surface area contributed by atoms with E-state index in [0.717, 1.165) is 18.3 Å². The zero-order valence-electron chi connectivity index (χ0n) is 10.3. The lowest BCUT2D eigenvalue weighted by Gasteiger charge is -2.04. The van der Waals surface area contributed by atoms with Crippen molar-refractivity contribution in [3.05, 3.63) is 23.7 Å². The van der Waals surface area contributed by atoms with Crippen molar-refractivity contribution in [2.75, 3.05) is 0 Å². The van der Waals surface area contributed by atoms with Crippen LogP contribution in [-0.4, -0.2) is 15.0 Å². The lowest BCUT2D eigenvalue weighted by atomic mass is 10.0. The Morgan fingerprint density at radius 2 is 1.89 bits per heavy atom. The number of H-pyrrole nitrogens is 1. The monoisotopic (exact) mass is 269 g/mol. The van der Waals surface area contributed by atoms with Gasteiger partial charge in [-0.1, -0.05) is 25.7 Å². The fourth-order valence-electron chi connectivity index (χ4n) is 2.68. The summed E-state index contributed by atoms with van der Waals surface area (Å²) in [7, 11) is 0. The molecule has 0 saturated heterocycles. The van der Waals surface area contributed by atoms with E-state index in [2.05, 4.69) is 15.0 Å². The SMILES string of the molecule is FC(F)(F)c1ccc2[nH]c(CC3CCCC3)nc2n1. The summed E-state index contributed by atoms with van der Waals surface area (Å²) >= 11 is 0. The summed E-state index contributed by atoms with van der Waals surface area (Å²) in [4.78, 5) is 10.8. The molecule has 1 aliphatic rings. The molecule has 0 atom stereocenters.